The standard InChI is InChI=1S/C25H32O5/c1-3-29-22(26)25(23(27)30-4-2)17-20(15-19-11-7-5-8-12-19)21(18-25)16-24(28)13-9-6-10-14-24/h5,7-8,11-12,15-16,28H,3-4,6,9-10,13-14,17-18H2,1-2H3/b20-15-,21-16+. The molecule has 162 valence electrons. The molecule has 0 bridgehead atoms. The maximum absolute atomic E-state index is 13.0. The number of hydrogen-bond acceptors (Lipinski definition) is 5. The molecule has 2 aliphatic carbocycles. The fourth-order valence-electron chi connectivity index (χ4n) is 4.52. The molecule has 0 radical (unpaired) electrons. The molecule has 1 aromatic rings. The highest BCUT2D eigenvalue weighted by molar-refractivity contribution is 6.02. The summed E-state index contributed by atoms with van der Waals surface area (Å²) in [6.45, 7) is 3.85. The van der Waals surface area contributed by atoms with E-state index in [4.69, 9.17) is 9.47 Å². The van der Waals surface area contributed by atoms with E-state index < -0.39 is 23.0 Å². The van der Waals surface area contributed by atoms with Crippen molar-refractivity contribution in [1.29, 1.82) is 0 Å². The van der Waals surface area contributed by atoms with Crippen molar-refractivity contribution in [2.24, 2.45) is 5.41 Å². The maximum atomic E-state index is 13.0. The van der Waals surface area contributed by atoms with Crippen molar-refractivity contribution < 1.29 is 24.2 Å². The minimum absolute atomic E-state index is 0.186. The monoisotopic (exact) mass is 412 g/mol. The van der Waals surface area contributed by atoms with Gasteiger partial charge in [0.05, 0.1) is 18.8 Å². The van der Waals surface area contributed by atoms with E-state index in [1.54, 1.807) is 13.8 Å². The minimum Gasteiger partial charge on any atom is -0.465 e. The maximum Gasteiger partial charge on any atom is 0.324 e. The van der Waals surface area contributed by atoms with Gasteiger partial charge in [-0.05, 0) is 62.3 Å². The van der Waals surface area contributed by atoms with E-state index in [0.717, 1.165) is 36.0 Å². The van der Waals surface area contributed by atoms with Crippen LogP contribution >= 0.6 is 0 Å². The van der Waals surface area contributed by atoms with E-state index in [1.807, 2.05) is 42.5 Å². The number of carbonyl (C=O) groups is 2. The van der Waals surface area contributed by atoms with Crippen LogP contribution in [0, 0.1) is 5.41 Å². The van der Waals surface area contributed by atoms with Crippen LogP contribution in [0.2, 0.25) is 0 Å². The quantitative estimate of drug-likeness (QED) is 0.546. The van der Waals surface area contributed by atoms with Crippen LogP contribution < -0.4 is 0 Å². The number of esters is 2. The first-order chi connectivity index (χ1) is 14.4. The summed E-state index contributed by atoms with van der Waals surface area (Å²) in [5, 5.41) is 11.1. The molecule has 0 aromatic heterocycles. The summed E-state index contributed by atoms with van der Waals surface area (Å²) in [6.07, 6.45) is 8.74. The number of hydrogen-bond donors (Lipinski definition) is 1. The molecule has 5 nitrogen and oxygen atoms in total. The largest absolute Gasteiger partial charge is 0.465 e. The van der Waals surface area contributed by atoms with Crippen LogP contribution in [0.25, 0.3) is 6.08 Å². The number of aliphatic hydroxyl groups is 1. The zero-order valence-electron chi connectivity index (χ0n) is 18.0. The molecular weight excluding hydrogens is 380 g/mol. The van der Waals surface area contributed by atoms with E-state index in [0.29, 0.717) is 12.8 Å². The molecule has 30 heavy (non-hydrogen) atoms. The van der Waals surface area contributed by atoms with Crippen molar-refractivity contribution in [3.63, 3.8) is 0 Å². The van der Waals surface area contributed by atoms with Gasteiger partial charge in [-0.2, -0.15) is 0 Å². The Morgan fingerprint density at radius 1 is 0.933 bits per heavy atom. The fourth-order valence-corrected chi connectivity index (χ4v) is 4.52. The van der Waals surface area contributed by atoms with E-state index >= 15 is 0 Å². The summed E-state index contributed by atoms with van der Waals surface area (Å²) in [6, 6.07) is 9.80. The van der Waals surface area contributed by atoms with Gasteiger partial charge < -0.3 is 14.6 Å². The zero-order chi connectivity index (χ0) is 21.6. The Hall–Kier alpha value is -2.40. The molecule has 0 aliphatic heterocycles. The lowest BCUT2D eigenvalue weighted by Gasteiger charge is -2.30. The lowest BCUT2D eigenvalue weighted by Crippen LogP contribution is -2.40. The van der Waals surface area contributed by atoms with Crippen molar-refractivity contribution in [2.75, 3.05) is 13.2 Å². The Kier molecular flexibility index (Phi) is 7.14. The molecule has 1 aromatic carbocycles. The summed E-state index contributed by atoms with van der Waals surface area (Å²) >= 11 is 0. The molecule has 5 heteroatoms. The number of allylic oxidation sites excluding steroid dienone is 2. The van der Waals surface area contributed by atoms with Gasteiger partial charge in [-0.15, -0.1) is 0 Å². The predicted molar refractivity (Wildman–Crippen MR) is 115 cm³/mol. The number of benzene rings is 1. The Bertz CT molecular complexity index is 797. The van der Waals surface area contributed by atoms with Gasteiger partial charge in [-0.25, -0.2) is 0 Å². The van der Waals surface area contributed by atoms with Crippen molar-refractivity contribution in [3.05, 3.63) is 53.1 Å². The lowest BCUT2D eigenvalue weighted by molar-refractivity contribution is -0.171. The molecule has 1 N–H and O–H groups in total. The van der Waals surface area contributed by atoms with Crippen molar-refractivity contribution in [2.45, 2.75) is 64.4 Å². The molecule has 2 fully saturated rings. The summed E-state index contributed by atoms with van der Waals surface area (Å²) < 4.78 is 10.6. The summed E-state index contributed by atoms with van der Waals surface area (Å²) in [5.74, 6) is -1.11. The van der Waals surface area contributed by atoms with Crippen LogP contribution in [0.15, 0.2) is 47.6 Å². The first-order valence-electron chi connectivity index (χ1n) is 11.0. The second kappa shape index (κ2) is 9.61. The van der Waals surface area contributed by atoms with Crippen LogP contribution in [-0.2, 0) is 19.1 Å². The molecule has 0 heterocycles. The predicted octanol–water partition coefficient (Wildman–Crippen LogP) is 4.60. The van der Waals surface area contributed by atoms with Crippen molar-refractivity contribution in [1.82, 2.24) is 0 Å². The smallest absolute Gasteiger partial charge is 0.324 e. The van der Waals surface area contributed by atoms with Crippen LogP contribution in [-0.4, -0.2) is 35.9 Å². The Labute approximate surface area is 178 Å². The Balaban J connectivity index is 2.06. The average Bonchev–Trinajstić information content (AvgIpc) is 3.08. The number of ether oxygens (including phenoxy) is 2. The molecule has 2 aliphatic rings. The second-order valence-electron chi connectivity index (χ2n) is 8.29. The molecule has 0 spiro atoms. The highest BCUT2D eigenvalue weighted by Gasteiger charge is 2.54. The van der Waals surface area contributed by atoms with E-state index in [-0.39, 0.29) is 26.1 Å². The summed E-state index contributed by atoms with van der Waals surface area (Å²) in [7, 11) is 0. The second-order valence-corrected chi connectivity index (χ2v) is 8.29. The Morgan fingerprint density at radius 3 is 2.07 bits per heavy atom. The molecule has 0 atom stereocenters. The van der Waals surface area contributed by atoms with Gasteiger partial charge in [0, 0.05) is 0 Å². The van der Waals surface area contributed by atoms with Gasteiger partial charge >= 0.3 is 11.9 Å². The zero-order valence-corrected chi connectivity index (χ0v) is 18.0. The van der Waals surface area contributed by atoms with Gasteiger partial charge in [0.2, 0.25) is 0 Å². The minimum atomic E-state index is -1.40. The Morgan fingerprint density at radius 2 is 1.50 bits per heavy atom. The third-order valence-electron chi connectivity index (χ3n) is 6.03. The molecular formula is C25H32O5. The van der Waals surface area contributed by atoms with Crippen LogP contribution in [0.3, 0.4) is 0 Å². The lowest BCUT2D eigenvalue weighted by atomic mass is 9.82. The average molecular weight is 413 g/mol. The summed E-state index contributed by atoms with van der Waals surface area (Å²) in [5.41, 5.74) is 0.398. The third kappa shape index (κ3) is 4.84. The topological polar surface area (TPSA) is 72.8 Å². The van der Waals surface area contributed by atoms with E-state index in [1.165, 1.54) is 0 Å². The molecule has 0 saturated heterocycles. The SMILES string of the molecule is CCOC(=O)C1(C(=O)OCC)CC(=C/c2ccccc2)/C(=C/C2(O)CCCCC2)C1. The number of rotatable bonds is 6. The van der Waals surface area contributed by atoms with Gasteiger partial charge in [0.1, 0.15) is 0 Å². The van der Waals surface area contributed by atoms with Gasteiger partial charge in [0.25, 0.3) is 0 Å². The van der Waals surface area contributed by atoms with E-state index in [9.17, 15) is 14.7 Å². The van der Waals surface area contributed by atoms with Crippen LogP contribution in [0.1, 0.15) is 64.4 Å². The normalized spacial score (nSPS) is 22.8. The first-order valence-corrected chi connectivity index (χ1v) is 11.0. The van der Waals surface area contributed by atoms with Gasteiger partial charge in [-0.3, -0.25) is 9.59 Å². The number of carbonyl (C=O) groups excluding carboxylic acids is 2. The molecule has 3 rings (SSSR count). The van der Waals surface area contributed by atoms with Crippen LogP contribution in [0.4, 0.5) is 0 Å². The highest BCUT2D eigenvalue weighted by atomic mass is 16.6. The van der Waals surface area contributed by atoms with Gasteiger partial charge in [0.15, 0.2) is 5.41 Å². The molecule has 0 amide bonds. The fraction of sp³-hybridized carbons (Fsp3) is 0.520. The van der Waals surface area contributed by atoms with Gasteiger partial charge in [-0.1, -0.05) is 55.7 Å². The third-order valence-corrected chi connectivity index (χ3v) is 6.03. The summed E-state index contributed by atoms with van der Waals surface area (Å²) in [4.78, 5) is 25.9. The molecule has 0 unspecified atom stereocenters. The first kappa shape index (κ1) is 22.3. The van der Waals surface area contributed by atoms with Crippen molar-refractivity contribution in [3.8, 4) is 0 Å². The molecule has 2 saturated carbocycles. The highest BCUT2D eigenvalue weighted by Crippen LogP contribution is 2.49. The van der Waals surface area contributed by atoms with Crippen molar-refractivity contribution >= 4 is 18.0 Å². The van der Waals surface area contributed by atoms with Crippen LogP contribution in [0.5, 0.6) is 0 Å². The van der Waals surface area contributed by atoms with E-state index in [2.05, 4.69) is 0 Å².